The molecule has 2 unspecified atom stereocenters. The molecule has 1 spiro atoms. The van der Waals surface area contributed by atoms with Crippen LogP contribution in [0.15, 0.2) is 24.3 Å². The quantitative estimate of drug-likeness (QED) is 0.803. The molecule has 0 radical (unpaired) electrons. The van der Waals surface area contributed by atoms with Crippen molar-refractivity contribution in [2.75, 3.05) is 18.1 Å². The molecule has 0 bridgehead atoms. The molecule has 1 aromatic rings. The number of amides is 1. The number of nitrogens with zero attached hydrogens (tertiary/aromatic N) is 1. The van der Waals surface area contributed by atoms with Gasteiger partial charge < -0.3 is 9.47 Å². The Bertz CT molecular complexity index is 622. The molecule has 2 atom stereocenters. The van der Waals surface area contributed by atoms with Crippen LogP contribution in [0.1, 0.15) is 39.5 Å². The standard InChI is InChI=1S/C18H23F2NO3/c1-3-13-11-17(9-10-18(13,19)20)12-21(16(22)24-17)14-7-5-6-8-15(14)23-4-2/h5-8,13H,3-4,9-12H2,1-2H3. The van der Waals surface area contributed by atoms with E-state index in [0.717, 1.165) is 0 Å². The van der Waals surface area contributed by atoms with Gasteiger partial charge in [0.15, 0.2) is 0 Å². The highest BCUT2D eigenvalue weighted by Gasteiger charge is 2.56. The summed E-state index contributed by atoms with van der Waals surface area (Å²) >= 11 is 0. The number of carbonyl (C=O) groups excluding carboxylic acids is 1. The van der Waals surface area contributed by atoms with Crippen LogP contribution in [0.3, 0.4) is 0 Å². The van der Waals surface area contributed by atoms with E-state index >= 15 is 0 Å². The number of carbonyl (C=O) groups is 1. The van der Waals surface area contributed by atoms with Crippen LogP contribution >= 0.6 is 0 Å². The molecular weight excluding hydrogens is 316 g/mol. The van der Waals surface area contributed by atoms with Crippen molar-refractivity contribution < 1.29 is 23.0 Å². The Morgan fingerprint density at radius 1 is 1.29 bits per heavy atom. The zero-order valence-corrected chi connectivity index (χ0v) is 14.1. The minimum absolute atomic E-state index is 0.190. The van der Waals surface area contributed by atoms with E-state index in [2.05, 4.69) is 0 Å². The lowest BCUT2D eigenvalue weighted by molar-refractivity contribution is -0.136. The SMILES string of the molecule is CCOc1ccccc1N1CC2(CCC(F)(F)C(CC)C2)OC1=O. The normalized spacial score (nSPS) is 28.9. The second kappa shape index (κ2) is 6.22. The Kier molecular flexibility index (Phi) is 4.40. The summed E-state index contributed by atoms with van der Waals surface area (Å²) in [6.07, 6.45) is 0.0503. The fourth-order valence-corrected chi connectivity index (χ4v) is 3.74. The van der Waals surface area contributed by atoms with Crippen molar-refractivity contribution in [3.8, 4) is 5.75 Å². The first-order valence-corrected chi connectivity index (χ1v) is 8.51. The van der Waals surface area contributed by atoms with Crippen LogP contribution in [-0.2, 0) is 4.74 Å². The predicted octanol–water partition coefficient (Wildman–Crippen LogP) is 4.63. The highest BCUT2D eigenvalue weighted by molar-refractivity contribution is 5.92. The molecule has 1 saturated carbocycles. The van der Waals surface area contributed by atoms with Crippen molar-refractivity contribution in [3.05, 3.63) is 24.3 Å². The molecule has 1 aromatic carbocycles. The molecule has 6 heteroatoms. The van der Waals surface area contributed by atoms with Gasteiger partial charge in [-0.25, -0.2) is 13.6 Å². The lowest BCUT2D eigenvalue weighted by Crippen LogP contribution is -2.47. The van der Waals surface area contributed by atoms with Gasteiger partial charge in [-0.15, -0.1) is 0 Å². The minimum Gasteiger partial charge on any atom is -0.492 e. The Morgan fingerprint density at radius 3 is 2.75 bits per heavy atom. The number of rotatable bonds is 4. The van der Waals surface area contributed by atoms with Crippen molar-refractivity contribution in [2.45, 2.75) is 51.1 Å². The van der Waals surface area contributed by atoms with Crippen molar-refractivity contribution in [1.29, 1.82) is 0 Å². The highest BCUT2D eigenvalue weighted by atomic mass is 19.3. The van der Waals surface area contributed by atoms with Gasteiger partial charge in [0, 0.05) is 12.3 Å². The zero-order valence-electron chi connectivity index (χ0n) is 14.1. The lowest BCUT2D eigenvalue weighted by Gasteiger charge is -2.40. The molecular formula is C18H23F2NO3. The second-order valence-electron chi connectivity index (χ2n) is 6.61. The Morgan fingerprint density at radius 2 is 2.04 bits per heavy atom. The van der Waals surface area contributed by atoms with Gasteiger partial charge in [0.1, 0.15) is 11.4 Å². The van der Waals surface area contributed by atoms with Gasteiger partial charge in [-0.1, -0.05) is 19.1 Å². The van der Waals surface area contributed by atoms with Gasteiger partial charge in [-0.3, -0.25) is 4.90 Å². The third-order valence-corrected chi connectivity index (χ3v) is 5.05. The molecule has 3 rings (SSSR count). The second-order valence-corrected chi connectivity index (χ2v) is 6.61. The van der Waals surface area contributed by atoms with Crippen LogP contribution in [0.25, 0.3) is 0 Å². The first kappa shape index (κ1) is 17.0. The first-order valence-electron chi connectivity index (χ1n) is 8.51. The maximum absolute atomic E-state index is 14.0. The maximum atomic E-state index is 14.0. The minimum atomic E-state index is -2.68. The van der Waals surface area contributed by atoms with Crippen molar-refractivity contribution in [2.24, 2.45) is 5.92 Å². The molecule has 2 aliphatic rings. The van der Waals surface area contributed by atoms with Gasteiger partial charge >= 0.3 is 6.09 Å². The number of ether oxygens (including phenoxy) is 2. The Balaban J connectivity index is 1.84. The topological polar surface area (TPSA) is 38.8 Å². The van der Waals surface area contributed by atoms with E-state index in [-0.39, 0.29) is 19.3 Å². The van der Waals surface area contributed by atoms with Gasteiger partial charge in [0.25, 0.3) is 5.92 Å². The molecule has 1 heterocycles. The monoisotopic (exact) mass is 339 g/mol. The summed E-state index contributed by atoms with van der Waals surface area (Å²) in [5.74, 6) is -2.83. The third kappa shape index (κ3) is 2.94. The van der Waals surface area contributed by atoms with Crippen LogP contribution in [0.2, 0.25) is 0 Å². The smallest absolute Gasteiger partial charge is 0.415 e. The fourth-order valence-electron chi connectivity index (χ4n) is 3.74. The molecule has 1 amide bonds. The summed E-state index contributed by atoms with van der Waals surface area (Å²) in [4.78, 5) is 13.9. The third-order valence-electron chi connectivity index (χ3n) is 5.05. The number of para-hydroxylation sites is 2. The maximum Gasteiger partial charge on any atom is 0.415 e. The van der Waals surface area contributed by atoms with E-state index in [0.29, 0.717) is 31.0 Å². The van der Waals surface area contributed by atoms with E-state index in [1.54, 1.807) is 19.1 Å². The lowest BCUT2D eigenvalue weighted by atomic mass is 9.74. The first-order chi connectivity index (χ1) is 11.4. The van der Waals surface area contributed by atoms with Crippen LogP contribution in [0.5, 0.6) is 5.75 Å². The molecule has 1 aliphatic heterocycles. The number of hydrogen-bond acceptors (Lipinski definition) is 3. The van der Waals surface area contributed by atoms with Gasteiger partial charge in [-0.2, -0.15) is 0 Å². The van der Waals surface area contributed by atoms with Crippen molar-refractivity contribution >= 4 is 11.8 Å². The molecule has 1 aliphatic carbocycles. The number of alkyl halides is 2. The molecule has 0 N–H and O–H groups in total. The van der Waals surface area contributed by atoms with Crippen LogP contribution in [0, 0.1) is 5.92 Å². The Hall–Kier alpha value is -1.85. The van der Waals surface area contributed by atoms with Gasteiger partial charge in [-0.05, 0) is 38.3 Å². The summed E-state index contributed by atoms with van der Waals surface area (Å²) < 4.78 is 39.2. The van der Waals surface area contributed by atoms with E-state index in [4.69, 9.17) is 9.47 Å². The zero-order chi connectivity index (χ0) is 17.4. The number of anilines is 1. The number of hydrogen-bond donors (Lipinski definition) is 0. The van der Waals surface area contributed by atoms with E-state index in [9.17, 15) is 13.6 Å². The largest absolute Gasteiger partial charge is 0.492 e. The average molecular weight is 339 g/mol. The summed E-state index contributed by atoms with van der Waals surface area (Å²) in [6, 6.07) is 7.24. The molecule has 24 heavy (non-hydrogen) atoms. The van der Waals surface area contributed by atoms with Crippen molar-refractivity contribution in [1.82, 2.24) is 0 Å². The summed E-state index contributed by atoms with van der Waals surface area (Å²) in [6.45, 7) is 4.41. The Labute approximate surface area is 140 Å². The van der Waals surface area contributed by atoms with Crippen molar-refractivity contribution in [3.63, 3.8) is 0 Å². The number of halogens is 2. The average Bonchev–Trinajstić information content (AvgIpc) is 2.87. The molecule has 2 fully saturated rings. The molecule has 0 aromatic heterocycles. The summed E-state index contributed by atoms with van der Waals surface area (Å²) in [7, 11) is 0. The fraction of sp³-hybridized carbons (Fsp3) is 0.611. The summed E-state index contributed by atoms with van der Waals surface area (Å²) in [5.41, 5.74) is -0.190. The number of benzene rings is 1. The molecule has 4 nitrogen and oxygen atoms in total. The van der Waals surface area contributed by atoms with Crippen LogP contribution < -0.4 is 9.64 Å². The molecule has 1 saturated heterocycles. The van der Waals surface area contributed by atoms with E-state index in [1.165, 1.54) is 4.90 Å². The molecule has 132 valence electrons. The van der Waals surface area contributed by atoms with E-state index < -0.39 is 23.5 Å². The highest BCUT2D eigenvalue weighted by Crippen LogP contribution is 2.49. The van der Waals surface area contributed by atoms with Gasteiger partial charge in [0.2, 0.25) is 0 Å². The summed E-state index contributed by atoms with van der Waals surface area (Å²) in [5, 5.41) is 0. The van der Waals surface area contributed by atoms with E-state index in [1.807, 2.05) is 19.1 Å². The predicted molar refractivity (Wildman–Crippen MR) is 86.7 cm³/mol. The van der Waals surface area contributed by atoms with Crippen LogP contribution in [-0.4, -0.2) is 30.8 Å². The van der Waals surface area contributed by atoms with Gasteiger partial charge in [0.05, 0.1) is 18.8 Å². The van der Waals surface area contributed by atoms with Crippen LogP contribution in [0.4, 0.5) is 19.3 Å².